The number of aliphatic hydroxyl groups excluding tert-OH is 1. The zero-order chi connectivity index (χ0) is 30.7. The molecule has 4 N–H and O–H groups in total. The largest absolute Gasteiger partial charge is 0.497 e. The van der Waals surface area contributed by atoms with Gasteiger partial charge in [0.25, 0.3) is 5.91 Å². The van der Waals surface area contributed by atoms with Crippen LogP contribution < -0.4 is 24.8 Å². The van der Waals surface area contributed by atoms with E-state index in [4.69, 9.17) is 9.47 Å². The standard InChI is InChI=1S/C33H37N3O6S/c1-41-28-14-6-11-25(17-28)21-34-23-32(37)31(19-24-9-4-3-5-10-24)36-33(38)27-13-8-16-30(20-27)43(39,40)35-22-26-12-7-15-29(18-26)42-2/h3-18,20,31-32,34-35,37H,19,21-23H2,1-2H3,(H,36,38)/t31-,32+/m0/s1. The van der Waals surface area contributed by atoms with Gasteiger partial charge in [0.15, 0.2) is 0 Å². The van der Waals surface area contributed by atoms with Crippen LogP contribution in [-0.2, 0) is 29.5 Å². The van der Waals surface area contributed by atoms with Crippen molar-refractivity contribution >= 4 is 15.9 Å². The van der Waals surface area contributed by atoms with Crippen LogP contribution in [0.15, 0.2) is 108 Å². The predicted molar refractivity (Wildman–Crippen MR) is 166 cm³/mol. The van der Waals surface area contributed by atoms with Gasteiger partial charge in [-0.3, -0.25) is 4.79 Å². The molecule has 0 aliphatic carbocycles. The van der Waals surface area contributed by atoms with Gasteiger partial charge in [-0.25, -0.2) is 13.1 Å². The maximum atomic E-state index is 13.4. The van der Waals surface area contributed by atoms with Crippen molar-refractivity contribution in [1.82, 2.24) is 15.4 Å². The first kappa shape index (κ1) is 31.7. The summed E-state index contributed by atoms with van der Waals surface area (Å²) in [5.74, 6) is 0.879. The van der Waals surface area contributed by atoms with Crippen molar-refractivity contribution in [3.05, 3.63) is 125 Å². The average Bonchev–Trinajstić information content (AvgIpc) is 3.04. The van der Waals surface area contributed by atoms with Crippen molar-refractivity contribution in [2.24, 2.45) is 0 Å². The molecule has 0 fully saturated rings. The minimum Gasteiger partial charge on any atom is -0.497 e. The normalized spacial score (nSPS) is 12.7. The molecule has 4 aromatic carbocycles. The van der Waals surface area contributed by atoms with E-state index in [9.17, 15) is 18.3 Å². The van der Waals surface area contributed by atoms with Crippen LogP contribution in [-0.4, -0.2) is 52.3 Å². The summed E-state index contributed by atoms with van der Waals surface area (Å²) in [5.41, 5.74) is 2.83. The highest BCUT2D eigenvalue weighted by Gasteiger charge is 2.23. The fourth-order valence-electron chi connectivity index (χ4n) is 4.54. The number of hydrogen-bond donors (Lipinski definition) is 4. The summed E-state index contributed by atoms with van der Waals surface area (Å²) in [4.78, 5) is 13.3. The van der Waals surface area contributed by atoms with Crippen molar-refractivity contribution in [1.29, 1.82) is 0 Å². The molecule has 0 aromatic heterocycles. The van der Waals surface area contributed by atoms with E-state index in [0.29, 0.717) is 18.7 Å². The molecule has 0 saturated heterocycles. The quantitative estimate of drug-likeness (QED) is 0.163. The van der Waals surface area contributed by atoms with Crippen LogP contribution in [0.4, 0.5) is 0 Å². The van der Waals surface area contributed by atoms with Gasteiger partial charge in [-0.05, 0) is 65.6 Å². The molecule has 0 aliphatic rings. The average molecular weight is 604 g/mol. The molecule has 226 valence electrons. The summed E-state index contributed by atoms with van der Waals surface area (Å²) in [6.07, 6.45) is -0.541. The second-order valence-electron chi connectivity index (χ2n) is 10.0. The van der Waals surface area contributed by atoms with Crippen LogP contribution in [0, 0.1) is 0 Å². The Kier molecular flexibility index (Phi) is 11.3. The van der Waals surface area contributed by atoms with Crippen molar-refractivity contribution in [2.45, 2.75) is 36.6 Å². The summed E-state index contributed by atoms with van der Waals surface area (Å²) in [6.45, 7) is 0.782. The molecule has 1 amide bonds. The van der Waals surface area contributed by atoms with Gasteiger partial charge >= 0.3 is 0 Å². The van der Waals surface area contributed by atoms with Gasteiger partial charge < -0.3 is 25.2 Å². The molecule has 0 heterocycles. The highest BCUT2D eigenvalue weighted by atomic mass is 32.2. The molecule has 0 spiro atoms. The van der Waals surface area contributed by atoms with Crippen molar-refractivity contribution in [2.75, 3.05) is 20.8 Å². The minimum atomic E-state index is -3.91. The van der Waals surface area contributed by atoms with E-state index in [2.05, 4.69) is 15.4 Å². The van der Waals surface area contributed by atoms with Crippen LogP contribution in [0.25, 0.3) is 0 Å². The van der Waals surface area contributed by atoms with Crippen molar-refractivity contribution < 1.29 is 27.8 Å². The molecule has 43 heavy (non-hydrogen) atoms. The molecule has 4 rings (SSSR count). The van der Waals surface area contributed by atoms with Crippen LogP contribution in [0.5, 0.6) is 11.5 Å². The summed E-state index contributed by atoms with van der Waals surface area (Å²) in [5, 5.41) is 17.3. The molecule has 9 nitrogen and oxygen atoms in total. The van der Waals surface area contributed by atoms with E-state index < -0.39 is 28.1 Å². The third-order valence-electron chi connectivity index (χ3n) is 6.90. The van der Waals surface area contributed by atoms with Crippen LogP contribution >= 0.6 is 0 Å². The molecular formula is C33H37N3O6S. The maximum Gasteiger partial charge on any atom is 0.251 e. The SMILES string of the molecule is COc1cccc(CNC[C@@H](O)[C@H](Cc2ccccc2)NC(=O)c2cccc(S(=O)(=O)NCc3cccc(OC)c3)c2)c1. The lowest BCUT2D eigenvalue weighted by Crippen LogP contribution is -2.48. The number of amides is 1. The third kappa shape index (κ3) is 9.39. The lowest BCUT2D eigenvalue weighted by Gasteiger charge is -2.25. The van der Waals surface area contributed by atoms with E-state index >= 15 is 0 Å². The molecular weight excluding hydrogens is 566 g/mol. The number of ether oxygens (including phenoxy) is 2. The first-order chi connectivity index (χ1) is 20.8. The fourth-order valence-corrected chi connectivity index (χ4v) is 5.60. The van der Waals surface area contributed by atoms with E-state index in [1.54, 1.807) is 44.6 Å². The van der Waals surface area contributed by atoms with Gasteiger partial charge in [0.1, 0.15) is 11.5 Å². The number of methoxy groups -OCH3 is 2. The van der Waals surface area contributed by atoms with Gasteiger partial charge in [0.2, 0.25) is 10.0 Å². The minimum absolute atomic E-state index is 0.0387. The number of rotatable bonds is 15. The Morgan fingerprint density at radius 1 is 0.767 bits per heavy atom. The number of hydrogen-bond acceptors (Lipinski definition) is 7. The van der Waals surface area contributed by atoms with Crippen LogP contribution in [0.3, 0.4) is 0 Å². The van der Waals surface area contributed by atoms with E-state index in [1.165, 1.54) is 18.2 Å². The first-order valence-corrected chi connectivity index (χ1v) is 15.3. The zero-order valence-electron chi connectivity index (χ0n) is 24.2. The maximum absolute atomic E-state index is 13.4. The molecule has 0 bridgehead atoms. The molecule has 0 radical (unpaired) electrons. The number of aliphatic hydroxyl groups is 1. The van der Waals surface area contributed by atoms with Gasteiger partial charge in [-0.2, -0.15) is 0 Å². The summed E-state index contributed by atoms with van der Waals surface area (Å²) < 4.78 is 39.2. The predicted octanol–water partition coefficient (Wildman–Crippen LogP) is 3.67. The lowest BCUT2D eigenvalue weighted by molar-refractivity contribution is 0.0829. The van der Waals surface area contributed by atoms with Crippen LogP contribution in [0.2, 0.25) is 0 Å². The summed E-state index contributed by atoms with van der Waals surface area (Å²) >= 11 is 0. The van der Waals surface area contributed by atoms with Crippen molar-refractivity contribution in [3.63, 3.8) is 0 Å². The Labute approximate surface area is 252 Å². The summed E-state index contributed by atoms with van der Waals surface area (Å²) in [7, 11) is -0.758. The molecule has 0 saturated carbocycles. The molecule has 0 unspecified atom stereocenters. The smallest absolute Gasteiger partial charge is 0.251 e. The highest BCUT2D eigenvalue weighted by molar-refractivity contribution is 7.89. The number of benzene rings is 4. The molecule has 2 atom stereocenters. The van der Waals surface area contributed by atoms with E-state index in [0.717, 1.165) is 22.4 Å². The molecule has 10 heteroatoms. The highest BCUT2D eigenvalue weighted by Crippen LogP contribution is 2.16. The van der Waals surface area contributed by atoms with Gasteiger partial charge in [0, 0.05) is 25.2 Å². The number of carbonyl (C=O) groups is 1. The third-order valence-corrected chi connectivity index (χ3v) is 8.30. The Bertz CT molecular complexity index is 1600. The monoisotopic (exact) mass is 603 g/mol. The van der Waals surface area contributed by atoms with Crippen molar-refractivity contribution in [3.8, 4) is 11.5 Å². The number of nitrogens with one attached hydrogen (secondary N) is 3. The fraction of sp³-hybridized carbons (Fsp3) is 0.242. The summed E-state index contributed by atoms with van der Waals surface area (Å²) in [6, 6.07) is 29.5. The topological polar surface area (TPSA) is 126 Å². The Morgan fingerprint density at radius 2 is 1.37 bits per heavy atom. The van der Waals surface area contributed by atoms with Gasteiger partial charge in [0.05, 0.1) is 31.3 Å². The second kappa shape index (κ2) is 15.3. The zero-order valence-corrected chi connectivity index (χ0v) is 25.0. The van der Waals surface area contributed by atoms with Gasteiger partial charge in [-0.1, -0.05) is 60.7 Å². The van der Waals surface area contributed by atoms with Crippen LogP contribution in [0.1, 0.15) is 27.0 Å². The number of sulfonamides is 1. The second-order valence-corrected chi connectivity index (χ2v) is 11.8. The molecule has 4 aromatic rings. The Hall–Kier alpha value is -4.22. The lowest BCUT2D eigenvalue weighted by atomic mass is 10.0. The number of carbonyl (C=O) groups excluding carboxylic acids is 1. The van der Waals surface area contributed by atoms with Gasteiger partial charge in [-0.15, -0.1) is 0 Å². The first-order valence-electron chi connectivity index (χ1n) is 13.9. The Morgan fingerprint density at radius 3 is 2.02 bits per heavy atom. The van der Waals surface area contributed by atoms with E-state index in [1.807, 2.05) is 54.6 Å². The van der Waals surface area contributed by atoms with E-state index in [-0.39, 0.29) is 23.5 Å². The molecule has 0 aliphatic heterocycles. The Balaban J connectivity index is 1.43.